The molecule has 3 rings (SSSR count). The number of aromatic nitrogens is 2. The van der Waals surface area contributed by atoms with Gasteiger partial charge in [0.15, 0.2) is 6.61 Å². The number of esters is 1. The van der Waals surface area contributed by atoms with Crippen LogP contribution in [0.5, 0.6) is 0 Å². The van der Waals surface area contributed by atoms with E-state index >= 15 is 0 Å². The van der Waals surface area contributed by atoms with Gasteiger partial charge in [0.2, 0.25) is 0 Å². The first-order valence-electron chi connectivity index (χ1n) is 9.35. The molecule has 0 unspecified atom stereocenters. The van der Waals surface area contributed by atoms with Crippen molar-refractivity contribution in [3.8, 4) is 16.9 Å². The number of para-hydroxylation sites is 1. The van der Waals surface area contributed by atoms with Crippen LogP contribution in [0.3, 0.4) is 0 Å². The Labute approximate surface area is 174 Å². The monoisotopic (exact) mass is 411 g/mol. The van der Waals surface area contributed by atoms with Gasteiger partial charge < -0.3 is 10.1 Å². The number of carbonyl (C=O) groups is 2. The van der Waals surface area contributed by atoms with Crippen LogP contribution < -0.4 is 5.32 Å². The zero-order valence-electron chi connectivity index (χ0n) is 16.3. The molecule has 1 aromatic heterocycles. The molecule has 0 aliphatic heterocycles. The molecule has 6 nitrogen and oxygen atoms in total. The maximum atomic E-state index is 12.7. The molecule has 0 fully saturated rings. The zero-order chi connectivity index (χ0) is 20.8. The standard InChI is InChI=1S/C22H22ClN3O3/c1-3-15(2)24-20(27)14-29-22(28)19-13-26(18-7-5-4-6-8-18)25-21(19)16-9-11-17(23)12-10-16/h4-13,15H,3,14H2,1-2H3,(H,24,27)/t15-/m1/s1. The second-order valence-corrected chi connectivity index (χ2v) is 7.07. The highest BCUT2D eigenvalue weighted by molar-refractivity contribution is 6.30. The summed E-state index contributed by atoms with van der Waals surface area (Å²) in [4.78, 5) is 24.7. The third-order valence-corrected chi connectivity index (χ3v) is 4.68. The Bertz CT molecular complexity index is 984. The Morgan fingerprint density at radius 3 is 2.48 bits per heavy atom. The molecule has 2 aromatic carbocycles. The molecule has 0 bridgehead atoms. The van der Waals surface area contributed by atoms with E-state index < -0.39 is 5.97 Å². The highest BCUT2D eigenvalue weighted by Gasteiger charge is 2.21. The molecule has 7 heteroatoms. The number of carbonyl (C=O) groups excluding carboxylic acids is 2. The summed E-state index contributed by atoms with van der Waals surface area (Å²) >= 11 is 5.98. The Morgan fingerprint density at radius 2 is 1.83 bits per heavy atom. The molecule has 29 heavy (non-hydrogen) atoms. The number of rotatable bonds is 7. The van der Waals surface area contributed by atoms with Gasteiger partial charge in [0.05, 0.1) is 5.69 Å². The van der Waals surface area contributed by atoms with Crippen molar-refractivity contribution in [3.05, 3.63) is 71.4 Å². The topological polar surface area (TPSA) is 73.2 Å². The van der Waals surface area contributed by atoms with Crippen LogP contribution in [0.25, 0.3) is 16.9 Å². The van der Waals surface area contributed by atoms with Crippen LogP contribution in [0.4, 0.5) is 0 Å². The lowest BCUT2D eigenvalue weighted by atomic mass is 10.1. The van der Waals surface area contributed by atoms with Crippen LogP contribution in [0.2, 0.25) is 5.02 Å². The van der Waals surface area contributed by atoms with Gasteiger partial charge in [0.25, 0.3) is 5.91 Å². The van der Waals surface area contributed by atoms with Crippen LogP contribution >= 0.6 is 11.6 Å². The number of hydrogen-bond donors (Lipinski definition) is 1. The molecule has 1 amide bonds. The fraction of sp³-hybridized carbons (Fsp3) is 0.227. The second kappa shape index (κ2) is 9.39. The van der Waals surface area contributed by atoms with Crippen molar-refractivity contribution in [2.24, 2.45) is 0 Å². The van der Waals surface area contributed by atoms with Crippen LogP contribution in [0.1, 0.15) is 30.6 Å². The van der Waals surface area contributed by atoms with E-state index in [-0.39, 0.29) is 24.1 Å². The van der Waals surface area contributed by atoms with Gasteiger partial charge in [-0.15, -0.1) is 0 Å². The molecular formula is C22H22ClN3O3. The molecule has 0 saturated heterocycles. The maximum absolute atomic E-state index is 12.7. The number of benzene rings is 2. The van der Waals surface area contributed by atoms with E-state index in [0.29, 0.717) is 10.7 Å². The predicted octanol–water partition coefficient (Wildman–Crippen LogP) is 4.26. The average molecular weight is 412 g/mol. The number of nitrogens with zero attached hydrogens (tertiary/aromatic N) is 2. The minimum Gasteiger partial charge on any atom is -0.452 e. The molecule has 1 N–H and O–H groups in total. The molecule has 0 aliphatic rings. The lowest BCUT2D eigenvalue weighted by molar-refractivity contribution is -0.124. The Morgan fingerprint density at radius 1 is 1.14 bits per heavy atom. The second-order valence-electron chi connectivity index (χ2n) is 6.63. The maximum Gasteiger partial charge on any atom is 0.342 e. The highest BCUT2D eigenvalue weighted by Crippen LogP contribution is 2.26. The Hall–Kier alpha value is -3.12. The largest absolute Gasteiger partial charge is 0.452 e. The van der Waals surface area contributed by atoms with Crippen molar-refractivity contribution in [1.82, 2.24) is 15.1 Å². The number of halogens is 1. The first kappa shape index (κ1) is 20.6. The summed E-state index contributed by atoms with van der Waals surface area (Å²) in [6.07, 6.45) is 2.40. The first-order valence-corrected chi connectivity index (χ1v) is 9.73. The summed E-state index contributed by atoms with van der Waals surface area (Å²) in [5, 5.41) is 7.92. The number of nitrogens with one attached hydrogen (secondary N) is 1. The van der Waals surface area contributed by atoms with Crippen LogP contribution in [-0.4, -0.2) is 34.3 Å². The van der Waals surface area contributed by atoms with Crippen LogP contribution in [0, 0.1) is 0 Å². The SMILES string of the molecule is CC[C@@H](C)NC(=O)COC(=O)c1cn(-c2ccccc2)nc1-c1ccc(Cl)cc1. The Kier molecular flexibility index (Phi) is 6.67. The van der Waals surface area contributed by atoms with Gasteiger partial charge in [-0.2, -0.15) is 5.10 Å². The van der Waals surface area contributed by atoms with Crippen molar-refractivity contribution in [3.63, 3.8) is 0 Å². The normalized spacial score (nSPS) is 11.7. The average Bonchev–Trinajstić information content (AvgIpc) is 3.18. The lowest BCUT2D eigenvalue weighted by Gasteiger charge is -2.11. The van der Waals surface area contributed by atoms with Gasteiger partial charge in [-0.25, -0.2) is 9.48 Å². The van der Waals surface area contributed by atoms with E-state index in [9.17, 15) is 9.59 Å². The van der Waals surface area contributed by atoms with Crippen molar-refractivity contribution >= 4 is 23.5 Å². The van der Waals surface area contributed by atoms with Crippen molar-refractivity contribution < 1.29 is 14.3 Å². The van der Waals surface area contributed by atoms with Gasteiger partial charge in [-0.05, 0) is 37.6 Å². The molecule has 150 valence electrons. The van der Waals surface area contributed by atoms with Gasteiger partial charge in [0.1, 0.15) is 11.3 Å². The Balaban J connectivity index is 1.87. The third-order valence-electron chi connectivity index (χ3n) is 4.43. The quantitative estimate of drug-likeness (QED) is 0.589. The summed E-state index contributed by atoms with van der Waals surface area (Å²) in [6, 6.07) is 16.5. The molecule has 1 heterocycles. The predicted molar refractivity (Wildman–Crippen MR) is 112 cm³/mol. The number of hydrogen-bond acceptors (Lipinski definition) is 4. The van der Waals surface area contributed by atoms with E-state index in [2.05, 4.69) is 10.4 Å². The first-order chi connectivity index (χ1) is 14.0. The highest BCUT2D eigenvalue weighted by atomic mass is 35.5. The van der Waals surface area contributed by atoms with Crippen molar-refractivity contribution in [2.45, 2.75) is 26.3 Å². The van der Waals surface area contributed by atoms with Gasteiger partial charge in [-0.3, -0.25) is 4.79 Å². The van der Waals surface area contributed by atoms with E-state index in [1.165, 1.54) is 0 Å². The summed E-state index contributed by atoms with van der Waals surface area (Å²) in [7, 11) is 0. The number of amides is 1. The molecule has 0 saturated carbocycles. The van der Waals surface area contributed by atoms with Crippen molar-refractivity contribution in [2.75, 3.05) is 6.61 Å². The summed E-state index contributed by atoms with van der Waals surface area (Å²) in [6.45, 7) is 3.51. The molecular weight excluding hydrogens is 390 g/mol. The fourth-order valence-corrected chi connectivity index (χ4v) is 2.81. The summed E-state index contributed by atoms with van der Waals surface area (Å²) in [5.41, 5.74) is 2.25. The van der Waals surface area contributed by atoms with Gasteiger partial charge >= 0.3 is 5.97 Å². The molecule has 0 spiro atoms. The minimum absolute atomic E-state index is 0.0201. The van der Waals surface area contributed by atoms with Crippen molar-refractivity contribution in [1.29, 1.82) is 0 Å². The molecule has 0 aliphatic carbocycles. The van der Waals surface area contributed by atoms with E-state index in [4.69, 9.17) is 16.3 Å². The smallest absolute Gasteiger partial charge is 0.342 e. The zero-order valence-corrected chi connectivity index (χ0v) is 17.0. The minimum atomic E-state index is -0.614. The fourth-order valence-electron chi connectivity index (χ4n) is 2.68. The van der Waals surface area contributed by atoms with E-state index in [0.717, 1.165) is 17.7 Å². The lowest BCUT2D eigenvalue weighted by Crippen LogP contribution is -2.35. The molecule has 0 radical (unpaired) electrons. The molecule has 3 aromatic rings. The molecule has 1 atom stereocenters. The van der Waals surface area contributed by atoms with Crippen LogP contribution in [0.15, 0.2) is 60.8 Å². The summed E-state index contributed by atoms with van der Waals surface area (Å²) in [5.74, 6) is -0.951. The van der Waals surface area contributed by atoms with E-state index in [1.54, 1.807) is 35.1 Å². The van der Waals surface area contributed by atoms with Crippen LogP contribution in [-0.2, 0) is 9.53 Å². The van der Waals surface area contributed by atoms with E-state index in [1.807, 2.05) is 44.2 Å². The summed E-state index contributed by atoms with van der Waals surface area (Å²) < 4.78 is 6.85. The van der Waals surface area contributed by atoms with Gasteiger partial charge in [0, 0.05) is 22.8 Å². The van der Waals surface area contributed by atoms with Gasteiger partial charge in [-0.1, -0.05) is 48.9 Å². The third kappa shape index (κ3) is 5.23. The number of ether oxygens (including phenoxy) is 1.